The maximum Gasteiger partial charge on any atom is 0.0143 e. The summed E-state index contributed by atoms with van der Waals surface area (Å²) in [7, 11) is 0. The molecule has 0 saturated heterocycles. The van der Waals surface area contributed by atoms with Crippen LogP contribution in [0.25, 0.3) is 0 Å². The van der Waals surface area contributed by atoms with Gasteiger partial charge >= 0.3 is 0 Å². The highest BCUT2D eigenvalue weighted by molar-refractivity contribution is 9.09. The van der Waals surface area contributed by atoms with E-state index in [1.54, 1.807) is 0 Å². The summed E-state index contributed by atoms with van der Waals surface area (Å²) in [6.07, 6.45) is 9.66. The first kappa shape index (κ1) is 11.5. The second-order valence-electron chi connectivity index (χ2n) is 3.21. The molecule has 0 bridgehead atoms. The molecule has 0 aromatic carbocycles. The Labute approximate surface area is 79.9 Å². The fraction of sp³-hybridized carbons (Fsp3) is 1.00. The van der Waals surface area contributed by atoms with E-state index >= 15 is 0 Å². The monoisotopic (exact) mass is 220 g/mol. The molecule has 0 nitrogen and oxygen atoms in total. The largest absolute Gasteiger partial charge is 0.0891 e. The standard InChI is InChI=1S/C10H21Br/c1-3-5-6-7-8-9-10(11)4-2/h10H,3-9H2,1-2H3. The van der Waals surface area contributed by atoms with Crippen molar-refractivity contribution in [2.24, 2.45) is 0 Å². The van der Waals surface area contributed by atoms with Crippen LogP contribution >= 0.6 is 15.9 Å². The third-order valence-corrected chi connectivity index (χ3v) is 3.17. The summed E-state index contributed by atoms with van der Waals surface area (Å²) in [5, 5.41) is 0. The summed E-state index contributed by atoms with van der Waals surface area (Å²) < 4.78 is 0. The molecule has 0 heterocycles. The lowest BCUT2D eigenvalue weighted by Crippen LogP contribution is -1.94. The molecule has 0 aliphatic heterocycles. The summed E-state index contributed by atoms with van der Waals surface area (Å²) in [5.41, 5.74) is 0. The van der Waals surface area contributed by atoms with E-state index in [-0.39, 0.29) is 0 Å². The molecule has 1 unspecified atom stereocenters. The average molecular weight is 221 g/mol. The maximum absolute atomic E-state index is 3.65. The quantitative estimate of drug-likeness (QED) is 0.438. The first-order chi connectivity index (χ1) is 5.31. The Bertz CT molecular complexity index is 71.3. The first-order valence-corrected chi connectivity index (χ1v) is 5.86. The van der Waals surface area contributed by atoms with Gasteiger partial charge in [0.25, 0.3) is 0 Å². The normalized spacial score (nSPS) is 13.4. The van der Waals surface area contributed by atoms with Gasteiger partial charge in [-0.25, -0.2) is 0 Å². The van der Waals surface area contributed by atoms with Crippen LogP contribution < -0.4 is 0 Å². The minimum Gasteiger partial charge on any atom is -0.0891 e. The van der Waals surface area contributed by atoms with Crippen molar-refractivity contribution in [2.45, 2.75) is 63.6 Å². The van der Waals surface area contributed by atoms with Crippen molar-refractivity contribution < 1.29 is 0 Å². The molecule has 11 heavy (non-hydrogen) atoms. The highest BCUT2D eigenvalue weighted by Gasteiger charge is 1.98. The van der Waals surface area contributed by atoms with E-state index in [2.05, 4.69) is 29.8 Å². The lowest BCUT2D eigenvalue weighted by Gasteiger charge is -2.04. The molecule has 0 rings (SSSR count). The number of alkyl halides is 1. The van der Waals surface area contributed by atoms with E-state index < -0.39 is 0 Å². The van der Waals surface area contributed by atoms with Crippen LogP contribution in [-0.2, 0) is 0 Å². The third kappa shape index (κ3) is 8.39. The van der Waals surface area contributed by atoms with E-state index in [0.717, 1.165) is 4.83 Å². The highest BCUT2D eigenvalue weighted by atomic mass is 79.9. The van der Waals surface area contributed by atoms with E-state index in [0.29, 0.717) is 0 Å². The maximum atomic E-state index is 3.65. The summed E-state index contributed by atoms with van der Waals surface area (Å²) >= 11 is 3.65. The van der Waals surface area contributed by atoms with Crippen molar-refractivity contribution in [2.75, 3.05) is 0 Å². The second kappa shape index (κ2) is 8.58. The topological polar surface area (TPSA) is 0 Å². The van der Waals surface area contributed by atoms with E-state index in [1.165, 1.54) is 44.9 Å². The SMILES string of the molecule is CCCCCCCC(Br)CC. The molecular formula is C10H21Br. The van der Waals surface area contributed by atoms with E-state index in [4.69, 9.17) is 0 Å². The predicted octanol–water partition coefficient (Wildman–Crippen LogP) is 4.52. The van der Waals surface area contributed by atoms with Crippen LogP contribution in [0.5, 0.6) is 0 Å². The Hall–Kier alpha value is 0.480. The number of hydrogen-bond acceptors (Lipinski definition) is 0. The van der Waals surface area contributed by atoms with Gasteiger partial charge in [-0.3, -0.25) is 0 Å². The molecule has 1 atom stereocenters. The zero-order chi connectivity index (χ0) is 8.53. The Morgan fingerprint density at radius 1 is 1.00 bits per heavy atom. The van der Waals surface area contributed by atoms with Gasteiger partial charge < -0.3 is 0 Å². The molecule has 68 valence electrons. The summed E-state index contributed by atoms with van der Waals surface area (Å²) in [6.45, 7) is 4.50. The molecule has 0 saturated carbocycles. The van der Waals surface area contributed by atoms with Crippen LogP contribution in [0.2, 0.25) is 0 Å². The number of hydrogen-bond donors (Lipinski definition) is 0. The Morgan fingerprint density at radius 2 is 1.64 bits per heavy atom. The van der Waals surface area contributed by atoms with Gasteiger partial charge in [-0.1, -0.05) is 61.9 Å². The molecule has 0 amide bonds. The number of rotatable bonds is 7. The Balaban J connectivity index is 2.89. The van der Waals surface area contributed by atoms with Gasteiger partial charge in [0.2, 0.25) is 0 Å². The molecule has 1 heteroatoms. The van der Waals surface area contributed by atoms with Gasteiger partial charge in [0, 0.05) is 4.83 Å². The summed E-state index contributed by atoms with van der Waals surface area (Å²) in [6, 6.07) is 0. The molecule has 0 aromatic heterocycles. The van der Waals surface area contributed by atoms with Crippen LogP contribution in [0.1, 0.15) is 58.8 Å². The minimum atomic E-state index is 0.768. The lowest BCUT2D eigenvalue weighted by molar-refractivity contribution is 0.595. The molecule has 0 fully saturated rings. The van der Waals surface area contributed by atoms with Crippen molar-refractivity contribution >= 4 is 15.9 Å². The lowest BCUT2D eigenvalue weighted by atomic mass is 10.1. The van der Waals surface area contributed by atoms with E-state index in [9.17, 15) is 0 Å². The van der Waals surface area contributed by atoms with Crippen LogP contribution in [0.15, 0.2) is 0 Å². The molecule has 0 aliphatic rings. The highest BCUT2D eigenvalue weighted by Crippen LogP contribution is 2.14. The summed E-state index contributed by atoms with van der Waals surface area (Å²) in [5.74, 6) is 0. The molecule has 0 aliphatic carbocycles. The van der Waals surface area contributed by atoms with Crippen molar-refractivity contribution in [1.29, 1.82) is 0 Å². The fourth-order valence-electron chi connectivity index (χ4n) is 1.17. The van der Waals surface area contributed by atoms with Gasteiger partial charge in [-0.2, -0.15) is 0 Å². The van der Waals surface area contributed by atoms with E-state index in [1.807, 2.05) is 0 Å². The average Bonchev–Trinajstić information content (AvgIpc) is 2.04. The number of halogens is 1. The van der Waals surface area contributed by atoms with Gasteiger partial charge in [0.1, 0.15) is 0 Å². The Morgan fingerprint density at radius 3 is 2.18 bits per heavy atom. The van der Waals surface area contributed by atoms with Gasteiger partial charge in [0.05, 0.1) is 0 Å². The van der Waals surface area contributed by atoms with Gasteiger partial charge in [0.15, 0.2) is 0 Å². The first-order valence-electron chi connectivity index (χ1n) is 4.95. The fourth-order valence-corrected chi connectivity index (χ4v) is 1.50. The van der Waals surface area contributed by atoms with Crippen LogP contribution in [0.4, 0.5) is 0 Å². The minimum absolute atomic E-state index is 0.768. The molecule has 0 radical (unpaired) electrons. The molecule has 0 N–H and O–H groups in total. The number of unbranched alkanes of at least 4 members (excludes halogenated alkanes) is 4. The van der Waals surface area contributed by atoms with Crippen molar-refractivity contribution in [3.8, 4) is 0 Å². The van der Waals surface area contributed by atoms with Gasteiger partial charge in [-0.05, 0) is 12.8 Å². The molecule has 0 spiro atoms. The van der Waals surface area contributed by atoms with Crippen LogP contribution in [0, 0.1) is 0 Å². The summed E-state index contributed by atoms with van der Waals surface area (Å²) in [4.78, 5) is 0.768. The Kier molecular flexibility index (Phi) is 8.95. The van der Waals surface area contributed by atoms with Crippen molar-refractivity contribution in [3.63, 3.8) is 0 Å². The van der Waals surface area contributed by atoms with Crippen molar-refractivity contribution in [1.82, 2.24) is 0 Å². The van der Waals surface area contributed by atoms with Crippen LogP contribution in [0.3, 0.4) is 0 Å². The third-order valence-electron chi connectivity index (χ3n) is 2.06. The van der Waals surface area contributed by atoms with Gasteiger partial charge in [-0.15, -0.1) is 0 Å². The zero-order valence-corrected chi connectivity index (χ0v) is 9.49. The molecular weight excluding hydrogens is 200 g/mol. The van der Waals surface area contributed by atoms with Crippen LogP contribution in [-0.4, -0.2) is 4.83 Å². The van der Waals surface area contributed by atoms with Crippen molar-refractivity contribution in [3.05, 3.63) is 0 Å². The zero-order valence-electron chi connectivity index (χ0n) is 7.91. The smallest absolute Gasteiger partial charge is 0.0143 e. The second-order valence-corrected chi connectivity index (χ2v) is 4.50. The predicted molar refractivity (Wildman–Crippen MR) is 56.4 cm³/mol. The molecule has 0 aromatic rings.